The number of Topliss-reactive ketones (excluding diaryl/α,β-unsaturated/α-hetero) is 1. The second-order valence-corrected chi connectivity index (χ2v) is 10.3. The van der Waals surface area contributed by atoms with E-state index in [0.29, 0.717) is 45.7 Å². The van der Waals surface area contributed by atoms with Crippen molar-refractivity contribution >= 4 is 38.9 Å². The number of nitrogens with two attached hydrogens (primary N) is 1. The van der Waals surface area contributed by atoms with Crippen LogP contribution in [0.5, 0.6) is 0 Å². The van der Waals surface area contributed by atoms with E-state index in [9.17, 15) is 9.59 Å². The van der Waals surface area contributed by atoms with Crippen LogP contribution < -0.4 is 11.3 Å². The number of carbonyl (C=O) groups excluding carboxylic acids is 1. The average Bonchev–Trinajstić information content (AvgIpc) is 3.70. The van der Waals surface area contributed by atoms with E-state index in [4.69, 9.17) is 26.8 Å². The Labute approximate surface area is 232 Å². The first-order chi connectivity index (χ1) is 18.4. The summed E-state index contributed by atoms with van der Waals surface area (Å²) in [4.78, 5) is 30.5. The number of hydrogen-bond donors (Lipinski definition) is 1. The van der Waals surface area contributed by atoms with Gasteiger partial charge in [0.05, 0.1) is 32.1 Å². The van der Waals surface area contributed by atoms with Crippen LogP contribution in [0.2, 0.25) is 5.02 Å². The monoisotopic (exact) mass is 557 g/mol. The van der Waals surface area contributed by atoms with Gasteiger partial charge in [0.1, 0.15) is 10.5 Å². The van der Waals surface area contributed by atoms with Crippen molar-refractivity contribution in [3.05, 3.63) is 75.7 Å². The van der Waals surface area contributed by atoms with Crippen LogP contribution in [0, 0.1) is 11.8 Å². The van der Waals surface area contributed by atoms with Gasteiger partial charge < -0.3 is 15.2 Å². The van der Waals surface area contributed by atoms with E-state index in [1.165, 1.54) is 11.3 Å². The molecule has 0 spiro atoms. The molecule has 2 aromatic heterocycles. The van der Waals surface area contributed by atoms with E-state index >= 15 is 0 Å². The van der Waals surface area contributed by atoms with Crippen molar-refractivity contribution in [1.29, 1.82) is 0 Å². The van der Waals surface area contributed by atoms with Crippen LogP contribution >= 0.6 is 22.9 Å². The van der Waals surface area contributed by atoms with Crippen molar-refractivity contribution in [1.82, 2.24) is 9.55 Å². The van der Waals surface area contributed by atoms with E-state index in [1.54, 1.807) is 24.1 Å². The number of rotatable bonds is 12. The lowest BCUT2D eigenvalue weighted by molar-refractivity contribution is -0.119. The summed E-state index contributed by atoms with van der Waals surface area (Å²) in [7, 11) is 1.57. The summed E-state index contributed by atoms with van der Waals surface area (Å²) in [6.45, 7) is 6.62. The second kappa shape index (κ2) is 14.3. The molecule has 0 saturated heterocycles. The number of ether oxygens (including phenoxy) is 2. The molecule has 1 aliphatic carbocycles. The molecule has 2 heterocycles. The lowest BCUT2D eigenvalue weighted by Crippen LogP contribution is -2.22. The molecule has 1 atom stereocenters. The average molecular weight is 558 g/mol. The van der Waals surface area contributed by atoms with Crippen LogP contribution in [-0.2, 0) is 20.8 Å². The second-order valence-electron chi connectivity index (χ2n) is 8.81. The summed E-state index contributed by atoms with van der Waals surface area (Å²) >= 11 is 7.41. The molecule has 9 heteroatoms. The first-order valence-corrected chi connectivity index (χ1v) is 14.1. The molecule has 0 amide bonds. The third kappa shape index (κ3) is 7.56. The highest BCUT2D eigenvalue weighted by atomic mass is 35.5. The molecule has 1 saturated carbocycles. The molecular formula is C29H36ClN3O4S. The van der Waals surface area contributed by atoms with Crippen molar-refractivity contribution in [3.63, 3.8) is 0 Å². The number of hydrogen-bond acceptors (Lipinski definition) is 7. The molecular weight excluding hydrogens is 522 g/mol. The molecule has 0 bridgehead atoms. The third-order valence-corrected chi connectivity index (χ3v) is 7.70. The number of allylic oxidation sites excluding steroid dienone is 2. The first kappa shape index (κ1) is 29.6. The summed E-state index contributed by atoms with van der Waals surface area (Å²) in [5.41, 5.74) is 7.04. The summed E-state index contributed by atoms with van der Waals surface area (Å²) in [6, 6.07) is 9.43. The van der Waals surface area contributed by atoms with Gasteiger partial charge in [-0.3, -0.25) is 14.2 Å². The van der Waals surface area contributed by atoms with Gasteiger partial charge in [0.15, 0.2) is 11.5 Å². The zero-order valence-corrected chi connectivity index (χ0v) is 24.0. The molecule has 2 N–H and O–H groups in total. The van der Waals surface area contributed by atoms with E-state index in [-0.39, 0.29) is 30.3 Å². The van der Waals surface area contributed by atoms with Crippen molar-refractivity contribution in [2.45, 2.75) is 46.6 Å². The van der Waals surface area contributed by atoms with E-state index in [1.807, 2.05) is 57.2 Å². The molecule has 0 unspecified atom stereocenters. The fourth-order valence-corrected chi connectivity index (χ4v) is 5.29. The number of fused-ring (bicyclic) bond motifs is 1. The molecule has 7 nitrogen and oxygen atoms in total. The first-order valence-electron chi connectivity index (χ1n) is 12.9. The lowest BCUT2D eigenvalue weighted by atomic mass is 9.98. The van der Waals surface area contributed by atoms with Gasteiger partial charge in [0, 0.05) is 28.8 Å². The van der Waals surface area contributed by atoms with Gasteiger partial charge in [-0.2, -0.15) is 0 Å². The van der Waals surface area contributed by atoms with Gasteiger partial charge in [-0.1, -0.05) is 37.6 Å². The van der Waals surface area contributed by atoms with Gasteiger partial charge in [0.25, 0.3) is 5.56 Å². The Balaban J connectivity index is 0.00000195. The van der Waals surface area contributed by atoms with E-state index in [0.717, 1.165) is 23.3 Å². The topological polar surface area (TPSA) is 96.4 Å². The number of benzene rings is 1. The number of ketones is 1. The number of methoxy groups -OCH3 is 1. The quantitative estimate of drug-likeness (QED) is 0.210. The molecule has 3 aromatic rings. The van der Waals surface area contributed by atoms with Crippen LogP contribution in [0.15, 0.2) is 65.1 Å². The maximum atomic E-state index is 13.1. The minimum Gasteiger partial charge on any atom is -0.493 e. The van der Waals surface area contributed by atoms with Crippen LogP contribution in [0.3, 0.4) is 0 Å². The van der Waals surface area contributed by atoms with Crippen LogP contribution in [0.25, 0.3) is 20.7 Å². The number of halogens is 1. The smallest absolute Gasteiger partial charge is 0.271 e. The minimum absolute atomic E-state index is 0.0510. The Hall–Kier alpha value is -2.94. The predicted octanol–water partition coefficient (Wildman–Crippen LogP) is 6.20. The fraction of sp³-hybridized carbons (Fsp3) is 0.414. The molecule has 1 fully saturated rings. The SMILES string of the molecule is C/C=C(OC[C@H](CC(=O)CN)C1CC1)\C(=C/Cn1cnc2cc(-c3ccc(Cl)cc3)sc2c1=O)OC.CC. The Morgan fingerprint density at radius 1 is 1.26 bits per heavy atom. The van der Waals surface area contributed by atoms with E-state index < -0.39 is 0 Å². The summed E-state index contributed by atoms with van der Waals surface area (Å²) < 4.78 is 13.8. The third-order valence-electron chi connectivity index (χ3n) is 6.29. The molecule has 1 aromatic carbocycles. The van der Waals surface area contributed by atoms with Crippen molar-refractivity contribution < 1.29 is 14.3 Å². The van der Waals surface area contributed by atoms with Crippen molar-refractivity contribution in [2.75, 3.05) is 20.3 Å². The highest BCUT2D eigenvalue weighted by Crippen LogP contribution is 2.39. The predicted molar refractivity (Wildman–Crippen MR) is 155 cm³/mol. The Morgan fingerprint density at radius 3 is 2.58 bits per heavy atom. The standard InChI is InChI=1S/C27H30ClN3O4S.C2H6/c1-3-23(35-15-19(17-4-5-17)12-21(32)14-29)24(34-2)10-11-31-16-30-22-13-25(36-26(22)27(31)33)18-6-8-20(28)9-7-18;1-2/h3,6-10,13,16-17,19H,4-5,11-12,14-15,29H2,1-2H3;1-2H3/b23-3+,24-10+;/t19-;/m0./s1. The molecule has 1 aliphatic rings. The number of thiophene rings is 1. The maximum absolute atomic E-state index is 13.1. The van der Waals surface area contributed by atoms with Gasteiger partial charge in [-0.15, -0.1) is 11.3 Å². The molecule has 38 heavy (non-hydrogen) atoms. The minimum atomic E-state index is -0.117. The molecule has 4 rings (SSSR count). The Bertz CT molecular complexity index is 1340. The van der Waals surface area contributed by atoms with Gasteiger partial charge >= 0.3 is 0 Å². The van der Waals surface area contributed by atoms with Crippen LogP contribution in [-0.4, -0.2) is 35.6 Å². The fourth-order valence-electron chi connectivity index (χ4n) is 4.10. The lowest BCUT2D eigenvalue weighted by Gasteiger charge is -2.19. The van der Waals surface area contributed by atoms with Gasteiger partial charge in [0.2, 0.25) is 0 Å². The number of carbonyl (C=O) groups is 1. The van der Waals surface area contributed by atoms with Gasteiger partial charge in [-0.25, -0.2) is 4.98 Å². The highest BCUT2D eigenvalue weighted by Gasteiger charge is 2.33. The highest BCUT2D eigenvalue weighted by molar-refractivity contribution is 7.22. The zero-order valence-electron chi connectivity index (χ0n) is 22.4. The summed E-state index contributed by atoms with van der Waals surface area (Å²) in [5.74, 6) is 1.81. The molecule has 0 aliphatic heterocycles. The summed E-state index contributed by atoms with van der Waals surface area (Å²) in [6.07, 6.45) is 7.84. The maximum Gasteiger partial charge on any atom is 0.271 e. The van der Waals surface area contributed by atoms with Crippen LogP contribution in [0.1, 0.15) is 40.0 Å². The van der Waals surface area contributed by atoms with E-state index in [2.05, 4.69) is 4.98 Å². The largest absolute Gasteiger partial charge is 0.493 e. The Kier molecular flexibility index (Phi) is 11.1. The van der Waals surface area contributed by atoms with Crippen molar-refractivity contribution in [3.8, 4) is 10.4 Å². The number of aromatic nitrogens is 2. The van der Waals surface area contributed by atoms with Crippen LogP contribution in [0.4, 0.5) is 0 Å². The molecule has 0 radical (unpaired) electrons. The molecule has 204 valence electrons. The Morgan fingerprint density at radius 2 is 1.97 bits per heavy atom. The number of nitrogens with zero attached hydrogens (tertiary/aromatic N) is 2. The normalized spacial score (nSPS) is 14.6. The van der Waals surface area contributed by atoms with Crippen molar-refractivity contribution in [2.24, 2.45) is 17.6 Å². The summed E-state index contributed by atoms with van der Waals surface area (Å²) in [5, 5.41) is 0.665. The zero-order chi connectivity index (χ0) is 27.7. The van der Waals surface area contributed by atoms with Gasteiger partial charge in [-0.05, 0) is 61.6 Å².